The molecule has 15 heavy (non-hydrogen) atoms. The summed E-state index contributed by atoms with van der Waals surface area (Å²) in [5.41, 5.74) is 0.0182. The van der Waals surface area contributed by atoms with Crippen molar-refractivity contribution < 1.29 is 0 Å². The van der Waals surface area contributed by atoms with Gasteiger partial charge in [-0.25, -0.2) is 0 Å². The van der Waals surface area contributed by atoms with E-state index in [0.717, 1.165) is 19.4 Å². The number of hydrogen-bond donors (Lipinski definition) is 0. The van der Waals surface area contributed by atoms with Crippen LogP contribution in [-0.4, -0.2) is 24.5 Å². The average molecular weight is 206 g/mol. The van der Waals surface area contributed by atoms with Gasteiger partial charge in [0.1, 0.15) is 0 Å². The Morgan fingerprint density at radius 2 is 1.53 bits per heavy atom. The molecule has 0 aromatic carbocycles. The van der Waals surface area contributed by atoms with Crippen molar-refractivity contribution in [1.29, 1.82) is 5.26 Å². The molecule has 1 aliphatic carbocycles. The Hall–Kier alpha value is -0.550. The van der Waals surface area contributed by atoms with Crippen LogP contribution in [0.5, 0.6) is 0 Å². The molecule has 1 saturated heterocycles. The van der Waals surface area contributed by atoms with Gasteiger partial charge in [0.15, 0.2) is 0 Å². The number of hydrogen-bond acceptors (Lipinski definition) is 2. The summed E-state index contributed by atoms with van der Waals surface area (Å²) < 4.78 is 0. The molecule has 2 heteroatoms. The van der Waals surface area contributed by atoms with Gasteiger partial charge in [-0.2, -0.15) is 5.26 Å². The van der Waals surface area contributed by atoms with Crippen molar-refractivity contribution in [3.8, 4) is 6.07 Å². The quantitative estimate of drug-likeness (QED) is 0.694. The highest BCUT2D eigenvalue weighted by molar-refractivity contribution is 5.03. The zero-order chi connectivity index (χ0) is 10.6. The predicted octanol–water partition coefficient (Wildman–Crippen LogP) is 2.95. The molecule has 0 atom stereocenters. The molecule has 0 aromatic rings. The summed E-state index contributed by atoms with van der Waals surface area (Å²) in [5.74, 6) is 0. The fourth-order valence-electron chi connectivity index (χ4n) is 3.08. The second kappa shape index (κ2) is 4.99. The average Bonchev–Trinajstić information content (AvgIpc) is 2.57. The van der Waals surface area contributed by atoms with Gasteiger partial charge in [0.05, 0.1) is 11.5 Å². The van der Waals surface area contributed by atoms with Crippen LogP contribution in [-0.2, 0) is 0 Å². The summed E-state index contributed by atoms with van der Waals surface area (Å²) in [7, 11) is 0. The molecule has 1 heterocycles. The van der Waals surface area contributed by atoms with Crippen molar-refractivity contribution in [2.45, 2.75) is 51.4 Å². The molecule has 1 aliphatic heterocycles. The Morgan fingerprint density at radius 1 is 0.933 bits per heavy atom. The third-order valence-corrected chi connectivity index (χ3v) is 4.02. The van der Waals surface area contributed by atoms with Gasteiger partial charge >= 0.3 is 0 Å². The molecule has 0 spiro atoms. The topological polar surface area (TPSA) is 27.0 Å². The maximum absolute atomic E-state index is 9.34. The molecular weight excluding hydrogens is 184 g/mol. The van der Waals surface area contributed by atoms with E-state index in [2.05, 4.69) is 11.0 Å². The van der Waals surface area contributed by atoms with E-state index in [1.807, 2.05) is 0 Å². The molecule has 0 unspecified atom stereocenters. The third-order valence-electron chi connectivity index (χ3n) is 4.02. The molecule has 0 bridgehead atoms. The Morgan fingerprint density at radius 3 is 2.07 bits per heavy atom. The van der Waals surface area contributed by atoms with E-state index >= 15 is 0 Å². The third kappa shape index (κ3) is 2.72. The van der Waals surface area contributed by atoms with Crippen molar-refractivity contribution in [1.82, 2.24) is 4.90 Å². The second-order valence-electron chi connectivity index (χ2n) is 5.29. The van der Waals surface area contributed by atoms with Gasteiger partial charge in [-0.1, -0.05) is 25.7 Å². The first-order valence-electron chi connectivity index (χ1n) is 6.48. The predicted molar refractivity (Wildman–Crippen MR) is 61.4 cm³/mol. The normalized spacial score (nSPS) is 27.1. The van der Waals surface area contributed by atoms with Crippen molar-refractivity contribution in [3.05, 3.63) is 0 Å². The van der Waals surface area contributed by atoms with Crippen molar-refractivity contribution in [2.75, 3.05) is 19.6 Å². The van der Waals surface area contributed by atoms with Crippen LogP contribution in [0, 0.1) is 16.7 Å². The van der Waals surface area contributed by atoms with Crippen molar-refractivity contribution >= 4 is 0 Å². The van der Waals surface area contributed by atoms with E-state index < -0.39 is 0 Å². The SMILES string of the molecule is N#CC1(CN2CCCCCC2)CCCC1. The summed E-state index contributed by atoms with van der Waals surface area (Å²) in [5, 5.41) is 9.34. The van der Waals surface area contributed by atoms with E-state index in [0.29, 0.717) is 0 Å². The molecule has 2 fully saturated rings. The molecule has 2 rings (SSSR count). The molecule has 84 valence electrons. The fraction of sp³-hybridized carbons (Fsp3) is 0.923. The number of rotatable bonds is 2. The van der Waals surface area contributed by atoms with E-state index in [1.54, 1.807) is 0 Å². The summed E-state index contributed by atoms with van der Waals surface area (Å²) >= 11 is 0. The van der Waals surface area contributed by atoms with Crippen LogP contribution in [0.25, 0.3) is 0 Å². The fourth-order valence-corrected chi connectivity index (χ4v) is 3.08. The van der Waals surface area contributed by atoms with Crippen LogP contribution >= 0.6 is 0 Å². The molecule has 2 nitrogen and oxygen atoms in total. The molecule has 0 N–H and O–H groups in total. The summed E-state index contributed by atoms with van der Waals surface area (Å²) in [6.45, 7) is 3.50. The highest BCUT2D eigenvalue weighted by Gasteiger charge is 2.35. The van der Waals surface area contributed by atoms with Crippen LogP contribution < -0.4 is 0 Å². The molecular formula is C13H22N2. The zero-order valence-corrected chi connectivity index (χ0v) is 9.67. The largest absolute Gasteiger partial charge is 0.302 e. The number of likely N-dealkylation sites (tertiary alicyclic amines) is 1. The van der Waals surface area contributed by atoms with Crippen LogP contribution in [0.4, 0.5) is 0 Å². The van der Waals surface area contributed by atoms with Crippen molar-refractivity contribution in [3.63, 3.8) is 0 Å². The van der Waals surface area contributed by atoms with Gasteiger partial charge in [0.25, 0.3) is 0 Å². The van der Waals surface area contributed by atoms with Crippen molar-refractivity contribution in [2.24, 2.45) is 5.41 Å². The van der Waals surface area contributed by atoms with E-state index in [9.17, 15) is 5.26 Å². The molecule has 0 aromatic heterocycles. The summed E-state index contributed by atoms with van der Waals surface area (Å²) in [6.07, 6.45) is 10.2. The zero-order valence-electron chi connectivity index (χ0n) is 9.67. The molecule has 2 aliphatic rings. The maximum Gasteiger partial charge on any atom is 0.0703 e. The van der Waals surface area contributed by atoms with Gasteiger partial charge in [0, 0.05) is 6.54 Å². The van der Waals surface area contributed by atoms with Gasteiger partial charge in [-0.15, -0.1) is 0 Å². The van der Waals surface area contributed by atoms with Crippen LogP contribution in [0.3, 0.4) is 0 Å². The van der Waals surface area contributed by atoms with Gasteiger partial charge < -0.3 is 4.90 Å². The lowest BCUT2D eigenvalue weighted by Gasteiger charge is -2.29. The first-order chi connectivity index (χ1) is 7.35. The minimum absolute atomic E-state index is 0.0182. The summed E-state index contributed by atoms with van der Waals surface area (Å²) in [6, 6.07) is 2.60. The minimum Gasteiger partial charge on any atom is -0.302 e. The Labute approximate surface area is 93.3 Å². The maximum atomic E-state index is 9.34. The smallest absolute Gasteiger partial charge is 0.0703 e. The van der Waals surface area contributed by atoms with E-state index in [4.69, 9.17) is 0 Å². The molecule has 0 radical (unpaired) electrons. The van der Waals surface area contributed by atoms with E-state index in [1.165, 1.54) is 51.6 Å². The highest BCUT2D eigenvalue weighted by atomic mass is 15.1. The number of nitrogens with zero attached hydrogens (tertiary/aromatic N) is 2. The second-order valence-corrected chi connectivity index (χ2v) is 5.29. The van der Waals surface area contributed by atoms with E-state index in [-0.39, 0.29) is 5.41 Å². The van der Waals surface area contributed by atoms with Crippen LogP contribution in [0.2, 0.25) is 0 Å². The lowest BCUT2D eigenvalue weighted by molar-refractivity contribution is 0.200. The Bertz CT molecular complexity index is 227. The number of nitriles is 1. The lowest BCUT2D eigenvalue weighted by Crippen LogP contribution is -2.36. The first kappa shape index (κ1) is 11.0. The van der Waals surface area contributed by atoms with Gasteiger partial charge in [-0.3, -0.25) is 0 Å². The van der Waals surface area contributed by atoms with Crippen LogP contribution in [0.1, 0.15) is 51.4 Å². The standard InChI is InChI=1S/C13H22N2/c14-11-13(7-3-4-8-13)12-15-9-5-1-2-6-10-15/h1-10,12H2. The van der Waals surface area contributed by atoms with Gasteiger partial charge in [-0.05, 0) is 38.8 Å². The van der Waals surface area contributed by atoms with Crippen LogP contribution in [0.15, 0.2) is 0 Å². The summed E-state index contributed by atoms with van der Waals surface area (Å²) in [4.78, 5) is 2.54. The Balaban J connectivity index is 1.91. The molecule has 1 saturated carbocycles. The van der Waals surface area contributed by atoms with Gasteiger partial charge in [0.2, 0.25) is 0 Å². The minimum atomic E-state index is 0.0182. The lowest BCUT2D eigenvalue weighted by atomic mass is 9.87. The molecule has 0 amide bonds. The Kier molecular flexibility index (Phi) is 3.64. The highest BCUT2D eigenvalue weighted by Crippen LogP contribution is 2.38. The monoisotopic (exact) mass is 206 g/mol. The first-order valence-corrected chi connectivity index (χ1v) is 6.48.